The van der Waals surface area contributed by atoms with E-state index in [1.165, 1.54) is 24.0 Å². The molecule has 0 fully saturated rings. The number of hydrogen-bond donors (Lipinski definition) is 1. The fourth-order valence-corrected chi connectivity index (χ4v) is 1.62. The van der Waals surface area contributed by atoms with E-state index in [9.17, 15) is 0 Å². The first kappa shape index (κ1) is 12.0. The van der Waals surface area contributed by atoms with E-state index in [1.807, 2.05) is 18.2 Å². The molecule has 0 unspecified atom stereocenters. The highest BCUT2D eigenvalue weighted by Gasteiger charge is 1.99. The van der Waals surface area contributed by atoms with Gasteiger partial charge in [-0.1, -0.05) is 56.2 Å². The van der Waals surface area contributed by atoms with Crippen molar-refractivity contribution in [2.24, 2.45) is 0 Å². The average Bonchev–Trinajstić information content (AvgIpc) is 2.29. The van der Waals surface area contributed by atoms with Crippen LogP contribution < -0.4 is 0 Å². The minimum absolute atomic E-state index is 0.229. The molecule has 0 saturated carbocycles. The van der Waals surface area contributed by atoms with E-state index in [0.717, 1.165) is 12.8 Å². The first-order valence-electron chi connectivity index (χ1n) is 5.73. The van der Waals surface area contributed by atoms with Crippen molar-refractivity contribution in [3.63, 3.8) is 0 Å². The van der Waals surface area contributed by atoms with Crippen LogP contribution in [-0.2, 0) is 0 Å². The monoisotopic (exact) mass is 204 g/mol. The number of aliphatic hydroxyl groups excluding tert-OH is 1. The molecule has 0 atom stereocenters. The zero-order valence-corrected chi connectivity index (χ0v) is 9.45. The highest BCUT2D eigenvalue weighted by Crippen LogP contribution is 2.18. The van der Waals surface area contributed by atoms with Crippen molar-refractivity contribution in [3.8, 4) is 0 Å². The molecule has 0 radical (unpaired) electrons. The maximum absolute atomic E-state index is 9.01. The van der Waals surface area contributed by atoms with Crippen LogP contribution in [0.1, 0.15) is 38.2 Å². The second-order valence-electron chi connectivity index (χ2n) is 3.71. The summed E-state index contributed by atoms with van der Waals surface area (Å²) in [6, 6.07) is 10.3. The summed E-state index contributed by atoms with van der Waals surface area (Å²) in [4.78, 5) is 0. The summed E-state index contributed by atoms with van der Waals surface area (Å²) in [6.45, 7) is 2.43. The van der Waals surface area contributed by atoms with Crippen molar-refractivity contribution in [2.45, 2.75) is 32.6 Å². The first-order valence-corrected chi connectivity index (χ1v) is 5.73. The molecule has 1 rings (SSSR count). The molecule has 0 aliphatic heterocycles. The van der Waals surface area contributed by atoms with Gasteiger partial charge in [0.05, 0.1) is 0 Å². The zero-order valence-electron chi connectivity index (χ0n) is 9.45. The summed E-state index contributed by atoms with van der Waals surface area (Å²) < 4.78 is 0. The van der Waals surface area contributed by atoms with E-state index in [4.69, 9.17) is 5.11 Å². The molecule has 1 N–H and O–H groups in total. The lowest BCUT2D eigenvalue weighted by atomic mass is 10.0. The van der Waals surface area contributed by atoms with E-state index in [-0.39, 0.29) is 6.61 Å². The SMILES string of the molecule is CCCC/C=C(/CCO)c1ccccc1. The molecule has 82 valence electrons. The molecule has 0 spiro atoms. The van der Waals surface area contributed by atoms with Crippen LogP contribution in [0, 0.1) is 0 Å². The van der Waals surface area contributed by atoms with Crippen molar-refractivity contribution < 1.29 is 5.11 Å². The van der Waals surface area contributed by atoms with Crippen LogP contribution in [0.15, 0.2) is 36.4 Å². The smallest absolute Gasteiger partial charge is 0.0471 e. The quantitative estimate of drug-likeness (QED) is 0.701. The van der Waals surface area contributed by atoms with Gasteiger partial charge in [-0.2, -0.15) is 0 Å². The Morgan fingerprint density at radius 3 is 2.60 bits per heavy atom. The Morgan fingerprint density at radius 2 is 2.00 bits per heavy atom. The van der Waals surface area contributed by atoms with Crippen molar-refractivity contribution in [1.82, 2.24) is 0 Å². The van der Waals surface area contributed by atoms with Gasteiger partial charge in [0.15, 0.2) is 0 Å². The van der Waals surface area contributed by atoms with Crippen LogP contribution in [0.25, 0.3) is 5.57 Å². The van der Waals surface area contributed by atoms with Gasteiger partial charge in [0, 0.05) is 6.61 Å². The molecule has 0 saturated heterocycles. The predicted molar refractivity (Wildman–Crippen MR) is 65.6 cm³/mol. The number of unbranched alkanes of at least 4 members (excludes halogenated alkanes) is 2. The van der Waals surface area contributed by atoms with Crippen molar-refractivity contribution in [1.29, 1.82) is 0 Å². The molecule has 1 heteroatoms. The van der Waals surface area contributed by atoms with Gasteiger partial charge in [-0.3, -0.25) is 0 Å². The van der Waals surface area contributed by atoms with Crippen molar-refractivity contribution >= 4 is 5.57 Å². The first-order chi connectivity index (χ1) is 7.38. The Labute approximate surface area is 92.5 Å². The van der Waals surface area contributed by atoms with Crippen LogP contribution in [-0.4, -0.2) is 11.7 Å². The molecule has 1 aromatic rings. The highest BCUT2D eigenvalue weighted by molar-refractivity contribution is 5.65. The summed E-state index contributed by atoms with van der Waals surface area (Å²) >= 11 is 0. The van der Waals surface area contributed by atoms with Gasteiger partial charge < -0.3 is 5.11 Å². The van der Waals surface area contributed by atoms with Gasteiger partial charge in [0.25, 0.3) is 0 Å². The van der Waals surface area contributed by atoms with Crippen LogP contribution in [0.2, 0.25) is 0 Å². The van der Waals surface area contributed by atoms with E-state index >= 15 is 0 Å². The van der Waals surface area contributed by atoms with Gasteiger partial charge in [-0.25, -0.2) is 0 Å². The Bertz CT molecular complexity index is 287. The minimum Gasteiger partial charge on any atom is -0.396 e. The predicted octanol–water partition coefficient (Wildman–Crippen LogP) is 3.64. The van der Waals surface area contributed by atoms with E-state index in [0.29, 0.717) is 0 Å². The summed E-state index contributed by atoms with van der Waals surface area (Å²) in [5.74, 6) is 0. The molecule has 0 aromatic heterocycles. The molecule has 0 bridgehead atoms. The molecule has 1 nitrogen and oxygen atoms in total. The van der Waals surface area contributed by atoms with Gasteiger partial charge in [-0.15, -0.1) is 0 Å². The lowest BCUT2D eigenvalue weighted by Gasteiger charge is -2.06. The maximum Gasteiger partial charge on any atom is 0.0471 e. The molecule has 1 aromatic carbocycles. The van der Waals surface area contributed by atoms with Crippen LogP contribution >= 0.6 is 0 Å². The second kappa shape index (κ2) is 7.24. The second-order valence-corrected chi connectivity index (χ2v) is 3.71. The fraction of sp³-hybridized carbons (Fsp3) is 0.429. The van der Waals surface area contributed by atoms with Crippen LogP contribution in [0.3, 0.4) is 0 Å². The molecule has 0 heterocycles. The lowest BCUT2D eigenvalue weighted by Crippen LogP contribution is -1.89. The van der Waals surface area contributed by atoms with Gasteiger partial charge >= 0.3 is 0 Å². The fourth-order valence-electron chi connectivity index (χ4n) is 1.62. The molecule has 0 aliphatic carbocycles. The van der Waals surface area contributed by atoms with Crippen molar-refractivity contribution in [3.05, 3.63) is 42.0 Å². The molecule has 15 heavy (non-hydrogen) atoms. The Morgan fingerprint density at radius 1 is 1.27 bits per heavy atom. The standard InChI is InChI=1S/C14H20O/c1-2-3-5-8-14(11-12-15)13-9-6-4-7-10-13/h4,6-10,15H,2-3,5,11-12H2,1H3/b14-8-. The number of hydrogen-bond acceptors (Lipinski definition) is 1. The van der Waals surface area contributed by atoms with E-state index in [2.05, 4.69) is 25.1 Å². The van der Waals surface area contributed by atoms with Gasteiger partial charge in [0.1, 0.15) is 0 Å². The molecule has 0 aliphatic rings. The third-order valence-electron chi connectivity index (χ3n) is 2.47. The largest absolute Gasteiger partial charge is 0.396 e. The van der Waals surface area contributed by atoms with Crippen molar-refractivity contribution in [2.75, 3.05) is 6.61 Å². The normalized spacial score (nSPS) is 11.7. The van der Waals surface area contributed by atoms with Gasteiger partial charge in [0.2, 0.25) is 0 Å². The Hall–Kier alpha value is -1.08. The number of benzene rings is 1. The summed E-state index contributed by atoms with van der Waals surface area (Å²) in [5.41, 5.74) is 2.51. The average molecular weight is 204 g/mol. The Balaban J connectivity index is 2.69. The van der Waals surface area contributed by atoms with E-state index in [1.54, 1.807) is 0 Å². The Kier molecular flexibility index (Phi) is 5.79. The molecule has 0 amide bonds. The molecular formula is C14H20O. The lowest BCUT2D eigenvalue weighted by molar-refractivity contribution is 0.305. The van der Waals surface area contributed by atoms with Gasteiger partial charge in [-0.05, 0) is 24.0 Å². The van der Waals surface area contributed by atoms with Crippen LogP contribution in [0.5, 0.6) is 0 Å². The molecular weight excluding hydrogens is 184 g/mol. The third-order valence-corrected chi connectivity index (χ3v) is 2.47. The number of rotatable bonds is 6. The highest BCUT2D eigenvalue weighted by atomic mass is 16.2. The number of aliphatic hydroxyl groups is 1. The van der Waals surface area contributed by atoms with Crippen LogP contribution in [0.4, 0.5) is 0 Å². The number of allylic oxidation sites excluding steroid dienone is 1. The minimum atomic E-state index is 0.229. The van der Waals surface area contributed by atoms with E-state index < -0.39 is 0 Å². The topological polar surface area (TPSA) is 20.2 Å². The zero-order chi connectivity index (χ0) is 10.9. The third kappa shape index (κ3) is 4.30. The summed E-state index contributed by atoms with van der Waals surface area (Å²) in [6.07, 6.45) is 6.57. The maximum atomic E-state index is 9.01. The summed E-state index contributed by atoms with van der Waals surface area (Å²) in [7, 11) is 0. The summed E-state index contributed by atoms with van der Waals surface area (Å²) in [5, 5.41) is 9.01.